The number of hydrogen-bond acceptors (Lipinski definition) is 3. The fraction of sp³-hybridized carbons (Fsp3) is 0.455. The van der Waals surface area contributed by atoms with Crippen molar-refractivity contribution in [3.63, 3.8) is 0 Å². The van der Waals surface area contributed by atoms with Gasteiger partial charge >= 0.3 is 5.92 Å². The first-order chi connectivity index (χ1) is 12.8. The predicted octanol–water partition coefficient (Wildman–Crippen LogP) is 5.20. The number of fused-ring (bicyclic) bond motifs is 2. The molecule has 27 heavy (non-hydrogen) atoms. The molecule has 0 radical (unpaired) electrons. The summed E-state index contributed by atoms with van der Waals surface area (Å²) in [5.74, 6) is -1.53. The molecular formula is C22H24F2O3. The molecule has 1 atom stereocenters. The average molecular weight is 374 g/mol. The van der Waals surface area contributed by atoms with E-state index in [0.717, 1.165) is 17.7 Å². The molecule has 0 fully saturated rings. The Hall–Kier alpha value is -2.14. The minimum Gasteiger partial charge on any atom is -0.493 e. The van der Waals surface area contributed by atoms with Gasteiger partial charge in [-0.1, -0.05) is 24.3 Å². The molecule has 1 unspecified atom stereocenters. The SMILES string of the molecule is COC(C)(C)C(F)(F)c1cccc2c1CCC2Oc1ccc2c(c1)OCC2. The smallest absolute Gasteiger partial charge is 0.301 e. The van der Waals surface area contributed by atoms with Crippen molar-refractivity contribution in [3.05, 3.63) is 58.7 Å². The summed E-state index contributed by atoms with van der Waals surface area (Å²) in [5, 5.41) is 0. The lowest BCUT2D eigenvalue weighted by molar-refractivity contribution is -0.185. The van der Waals surface area contributed by atoms with Crippen molar-refractivity contribution in [1.29, 1.82) is 0 Å². The highest BCUT2D eigenvalue weighted by Crippen LogP contribution is 2.47. The Labute approximate surface area is 158 Å². The van der Waals surface area contributed by atoms with Crippen LogP contribution in [0.5, 0.6) is 11.5 Å². The maximum Gasteiger partial charge on any atom is 0.301 e. The molecule has 0 aromatic heterocycles. The van der Waals surface area contributed by atoms with E-state index in [4.69, 9.17) is 14.2 Å². The van der Waals surface area contributed by atoms with Gasteiger partial charge in [0.05, 0.1) is 6.61 Å². The maximum absolute atomic E-state index is 15.1. The number of hydrogen-bond donors (Lipinski definition) is 0. The number of halogens is 2. The zero-order valence-corrected chi connectivity index (χ0v) is 15.9. The van der Waals surface area contributed by atoms with Crippen LogP contribution in [0.4, 0.5) is 8.78 Å². The highest BCUT2D eigenvalue weighted by atomic mass is 19.3. The summed E-state index contributed by atoms with van der Waals surface area (Å²) >= 11 is 0. The van der Waals surface area contributed by atoms with Crippen molar-refractivity contribution < 1.29 is 23.0 Å². The third kappa shape index (κ3) is 2.98. The fourth-order valence-electron chi connectivity index (χ4n) is 3.87. The number of benzene rings is 2. The van der Waals surface area contributed by atoms with Gasteiger partial charge in [-0.3, -0.25) is 0 Å². The van der Waals surface area contributed by atoms with Crippen molar-refractivity contribution in [3.8, 4) is 11.5 Å². The lowest BCUT2D eigenvalue weighted by atomic mass is 9.88. The molecule has 1 aliphatic heterocycles. The van der Waals surface area contributed by atoms with Crippen molar-refractivity contribution in [1.82, 2.24) is 0 Å². The summed E-state index contributed by atoms with van der Waals surface area (Å²) in [7, 11) is 1.32. The van der Waals surface area contributed by atoms with E-state index in [9.17, 15) is 0 Å². The Bertz CT molecular complexity index is 861. The molecule has 1 heterocycles. The summed E-state index contributed by atoms with van der Waals surface area (Å²) in [6, 6.07) is 10.9. The quantitative estimate of drug-likeness (QED) is 0.720. The summed E-state index contributed by atoms with van der Waals surface area (Å²) in [6.45, 7) is 3.53. The highest BCUT2D eigenvalue weighted by molar-refractivity contribution is 5.46. The molecular weight excluding hydrogens is 350 g/mol. The van der Waals surface area contributed by atoms with Crippen LogP contribution >= 0.6 is 0 Å². The van der Waals surface area contributed by atoms with Gasteiger partial charge in [-0.2, -0.15) is 8.78 Å². The summed E-state index contributed by atoms with van der Waals surface area (Å²) < 4.78 is 47.1. The molecule has 0 saturated heterocycles. The van der Waals surface area contributed by atoms with Crippen LogP contribution in [0, 0.1) is 0 Å². The first-order valence-corrected chi connectivity index (χ1v) is 9.31. The topological polar surface area (TPSA) is 27.7 Å². The van der Waals surface area contributed by atoms with Crippen LogP contribution < -0.4 is 9.47 Å². The standard InChI is InChI=1S/C22H24F2O3/c1-21(2,25-3)22(23,24)18-6-4-5-17-16(18)9-10-19(17)27-15-8-7-14-11-12-26-20(14)13-15/h4-8,13,19H,9-12H2,1-3H3. The first-order valence-electron chi connectivity index (χ1n) is 9.31. The van der Waals surface area contributed by atoms with Gasteiger partial charge in [0.1, 0.15) is 23.2 Å². The number of ether oxygens (including phenoxy) is 3. The average Bonchev–Trinajstić information content (AvgIpc) is 3.28. The molecule has 0 saturated carbocycles. The van der Waals surface area contributed by atoms with E-state index in [1.807, 2.05) is 24.3 Å². The second kappa shape index (κ2) is 6.48. The van der Waals surface area contributed by atoms with Gasteiger partial charge in [-0.05, 0) is 49.4 Å². The van der Waals surface area contributed by atoms with Crippen molar-refractivity contribution >= 4 is 0 Å². The van der Waals surface area contributed by atoms with Gasteiger partial charge in [-0.25, -0.2) is 0 Å². The van der Waals surface area contributed by atoms with E-state index in [1.54, 1.807) is 6.07 Å². The third-order valence-electron chi connectivity index (χ3n) is 5.77. The van der Waals surface area contributed by atoms with Crippen LogP contribution in [0.25, 0.3) is 0 Å². The fourth-order valence-corrected chi connectivity index (χ4v) is 3.87. The van der Waals surface area contributed by atoms with Gasteiger partial charge in [-0.15, -0.1) is 0 Å². The van der Waals surface area contributed by atoms with E-state index in [0.29, 0.717) is 30.8 Å². The molecule has 2 aliphatic rings. The highest BCUT2D eigenvalue weighted by Gasteiger charge is 2.50. The minimum atomic E-state index is -3.09. The monoisotopic (exact) mass is 374 g/mol. The normalized spacial score (nSPS) is 18.8. The van der Waals surface area contributed by atoms with Crippen LogP contribution in [-0.4, -0.2) is 19.3 Å². The minimum absolute atomic E-state index is 0.0373. The Balaban J connectivity index is 1.63. The molecule has 0 spiro atoms. The lowest BCUT2D eigenvalue weighted by Crippen LogP contribution is -2.42. The molecule has 0 bridgehead atoms. The van der Waals surface area contributed by atoms with Crippen LogP contribution in [0.2, 0.25) is 0 Å². The largest absolute Gasteiger partial charge is 0.493 e. The number of rotatable bonds is 5. The molecule has 2 aromatic carbocycles. The zero-order valence-electron chi connectivity index (χ0n) is 15.9. The van der Waals surface area contributed by atoms with Crippen molar-refractivity contribution in [2.75, 3.05) is 13.7 Å². The van der Waals surface area contributed by atoms with Gasteiger partial charge in [0.15, 0.2) is 0 Å². The van der Waals surface area contributed by atoms with Crippen LogP contribution in [0.15, 0.2) is 36.4 Å². The first kappa shape index (κ1) is 18.2. The molecule has 0 N–H and O–H groups in total. The maximum atomic E-state index is 15.1. The van der Waals surface area contributed by atoms with Crippen LogP contribution in [0.1, 0.15) is 48.6 Å². The van der Waals surface area contributed by atoms with E-state index in [1.165, 1.54) is 32.6 Å². The van der Waals surface area contributed by atoms with Crippen LogP contribution in [0.3, 0.4) is 0 Å². The van der Waals surface area contributed by atoms with E-state index in [-0.39, 0.29) is 11.7 Å². The van der Waals surface area contributed by atoms with Gasteiger partial charge < -0.3 is 14.2 Å². The zero-order chi connectivity index (χ0) is 19.2. The second-order valence-electron chi connectivity index (χ2n) is 7.68. The number of methoxy groups -OCH3 is 1. The summed E-state index contributed by atoms with van der Waals surface area (Å²) in [4.78, 5) is 0. The van der Waals surface area contributed by atoms with E-state index < -0.39 is 11.5 Å². The Morgan fingerprint density at radius 3 is 2.70 bits per heavy atom. The third-order valence-corrected chi connectivity index (χ3v) is 5.77. The summed E-state index contributed by atoms with van der Waals surface area (Å²) in [6.07, 6.45) is 1.91. The van der Waals surface area contributed by atoms with Crippen molar-refractivity contribution in [2.45, 2.75) is 50.7 Å². The molecule has 4 rings (SSSR count). The second-order valence-corrected chi connectivity index (χ2v) is 7.68. The van der Waals surface area contributed by atoms with Crippen LogP contribution in [-0.2, 0) is 23.5 Å². The van der Waals surface area contributed by atoms with Gasteiger partial charge in [0.2, 0.25) is 0 Å². The molecule has 144 valence electrons. The Morgan fingerprint density at radius 1 is 1.11 bits per heavy atom. The number of alkyl halides is 2. The molecule has 5 heteroatoms. The van der Waals surface area contributed by atoms with E-state index >= 15 is 8.78 Å². The molecule has 1 aliphatic carbocycles. The molecule has 0 amide bonds. The Morgan fingerprint density at radius 2 is 1.93 bits per heavy atom. The molecule has 2 aromatic rings. The lowest BCUT2D eigenvalue weighted by Gasteiger charge is -2.34. The Kier molecular flexibility index (Phi) is 4.38. The van der Waals surface area contributed by atoms with Gasteiger partial charge in [0, 0.05) is 25.2 Å². The summed E-state index contributed by atoms with van der Waals surface area (Å²) in [5.41, 5.74) is 1.14. The molecule has 3 nitrogen and oxygen atoms in total. The van der Waals surface area contributed by atoms with E-state index in [2.05, 4.69) is 0 Å². The predicted molar refractivity (Wildman–Crippen MR) is 98.8 cm³/mol. The van der Waals surface area contributed by atoms with Gasteiger partial charge in [0.25, 0.3) is 0 Å². The van der Waals surface area contributed by atoms with Crippen molar-refractivity contribution in [2.24, 2.45) is 0 Å².